The van der Waals surface area contributed by atoms with Gasteiger partial charge in [-0.05, 0) is 0 Å². The second-order valence-corrected chi connectivity index (χ2v) is 3.91. The third-order valence-electron chi connectivity index (χ3n) is 1.18. The minimum Gasteiger partial charge on any atom is -0.480 e. The van der Waals surface area contributed by atoms with E-state index in [4.69, 9.17) is 14.8 Å². The van der Waals surface area contributed by atoms with E-state index in [1.165, 1.54) is 0 Å². The summed E-state index contributed by atoms with van der Waals surface area (Å²) in [4.78, 5) is 20.4. The van der Waals surface area contributed by atoms with E-state index >= 15 is 0 Å². The third-order valence-corrected chi connectivity index (χ3v) is 1.93. The van der Waals surface area contributed by atoms with Crippen molar-refractivity contribution in [2.45, 2.75) is 6.04 Å². The number of hydrogen-bond acceptors (Lipinski definition) is 5. The Morgan fingerprint density at radius 2 is 1.79 bits per heavy atom. The first-order chi connectivity index (χ1) is 6.22. The molecule has 0 amide bonds. The zero-order valence-electron chi connectivity index (χ0n) is 6.87. The van der Waals surface area contributed by atoms with Crippen molar-refractivity contribution in [3.8, 4) is 0 Å². The smallest absolute Gasteiger partial charge is 0.321 e. The van der Waals surface area contributed by atoms with Gasteiger partial charge < -0.3 is 10.2 Å². The van der Waals surface area contributed by atoms with Crippen LogP contribution in [0.25, 0.3) is 0 Å². The molecule has 0 bridgehead atoms. The van der Waals surface area contributed by atoms with E-state index in [1.807, 2.05) is 5.32 Å². The van der Waals surface area contributed by atoms with Gasteiger partial charge in [-0.3, -0.25) is 19.5 Å². The van der Waals surface area contributed by atoms with Gasteiger partial charge in [0.15, 0.2) is 0 Å². The molecule has 0 aliphatic carbocycles. The molecule has 1 atom stereocenters. The lowest BCUT2D eigenvalue weighted by Crippen LogP contribution is -2.44. The van der Waals surface area contributed by atoms with Crippen molar-refractivity contribution in [3.05, 3.63) is 0 Å². The summed E-state index contributed by atoms with van der Waals surface area (Å²) in [6, 6.07) is -1.64. The van der Waals surface area contributed by atoms with Crippen molar-refractivity contribution in [1.82, 2.24) is 5.32 Å². The number of carboxylic acids is 2. The molecule has 4 N–H and O–H groups in total. The van der Waals surface area contributed by atoms with E-state index in [0.29, 0.717) is 0 Å². The molecule has 0 saturated heterocycles. The van der Waals surface area contributed by atoms with Gasteiger partial charge in [0.1, 0.15) is 11.8 Å². The molecule has 0 radical (unpaired) electrons. The Morgan fingerprint density at radius 3 is 2.07 bits per heavy atom. The first-order valence-electron chi connectivity index (χ1n) is 3.35. The minimum atomic E-state index is -4.45. The van der Waals surface area contributed by atoms with Gasteiger partial charge in [0.25, 0.3) is 10.1 Å². The fourth-order valence-electron chi connectivity index (χ4n) is 0.639. The highest BCUT2D eigenvalue weighted by Crippen LogP contribution is 1.91. The lowest BCUT2D eigenvalue weighted by molar-refractivity contribution is -0.139. The quantitative estimate of drug-likeness (QED) is 0.382. The minimum absolute atomic E-state index is 0.702. The molecule has 0 aliphatic heterocycles. The van der Waals surface area contributed by atoms with Crippen molar-refractivity contribution in [2.75, 3.05) is 12.3 Å². The Hall–Kier alpha value is -1.19. The second kappa shape index (κ2) is 4.88. The second-order valence-electron chi connectivity index (χ2n) is 2.41. The number of carbonyl (C=O) groups is 2. The summed E-state index contributed by atoms with van der Waals surface area (Å²) >= 11 is 0. The molecule has 0 heterocycles. The van der Waals surface area contributed by atoms with Crippen LogP contribution < -0.4 is 5.32 Å². The van der Waals surface area contributed by atoms with Crippen molar-refractivity contribution in [3.63, 3.8) is 0 Å². The van der Waals surface area contributed by atoms with Gasteiger partial charge in [0.2, 0.25) is 0 Å². The van der Waals surface area contributed by atoms with Crippen LogP contribution in [0.2, 0.25) is 0 Å². The lowest BCUT2D eigenvalue weighted by Gasteiger charge is -2.10. The molecule has 82 valence electrons. The zero-order valence-corrected chi connectivity index (χ0v) is 7.69. The van der Waals surface area contributed by atoms with E-state index in [-0.39, 0.29) is 0 Å². The normalized spacial score (nSPS) is 13.5. The molecule has 0 saturated carbocycles. The summed E-state index contributed by atoms with van der Waals surface area (Å²) in [6.07, 6.45) is 0. The Kier molecular flexibility index (Phi) is 4.47. The predicted octanol–water partition coefficient (Wildman–Crippen LogP) is -2.00. The summed E-state index contributed by atoms with van der Waals surface area (Å²) in [5.74, 6) is -3.95. The topological polar surface area (TPSA) is 141 Å². The molecule has 0 aromatic rings. The van der Waals surface area contributed by atoms with Crippen molar-refractivity contribution < 1.29 is 32.8 Å². The van der Waals surface area contributed by atoms with Crippen molar-refractivity contribution in [2.24, 2.45) is 0 Å². The molecular formula is C5H9NO7S. The van der Waals surface area contributed by atoms with Gasteiger partial charge in [0.05, 0.1) is 6.54 Å². The largest absolute Gasteiger partial charge is 0.480 e. The monoisotopic (exact) mass is 227 g/mol. The maximum atomic E-state index is 10.4. The van der Waals surface area contributed by atoms with Crippen LogP contribution in [0, 0.1) is 0 Å². The molecule has 8 nitrogen and oxygen atoms in total. The molecular weight excluding hydrogens is 218 g/mol. The van der Waals surface area contributed by atoms with E-state index < -0.39 is 40.4 Å². The van der Waals surface area contributed by atoms with Gasteiger partial charge >= 0.3 is 11.9 Å². The van der Waals surface area contributed by atoms with E-state index in [2.05, 4.69) is 0 Å². The number of rotatable bonds is 6. The fraction of sp³-hybridized carbons (Fsp3) is 0.600. The number of aliphatic carboxylic acids is 2. The van der Waals surface area contributed by atoms with Gasteiger partial charge in [-0.25, -0.2) is 0 Å². The molecule has 0 aromatic heterocycles. The van der Waals surface area contributed by atoms with Gasteiger partial charge in [-0.2, -0.15) is 8.42 Å². The Bertz CT molecular complexity index is 321. The van der Waals surface area contributed by atoms with Crippen LogP contribution in [0.3, 0.4) is 0 Å². The fourth-order valence-corrected chi connectivity index (χ4v) is 1.32. The van der Waals surface area contributed by atoms with Crippen molar-refractivity contribution >= 4 is 22.1 Å². The van der Waals surface area contributed by atoms with Crippen LogP contribution >= 0.6 is 0 Å². The Balaban J connectivity index is 4.32. The summed E-state index contributed by atoms with van der Waals surface area (Å²) in [5, 5.41) is 18.5. The highest BCUT2D eigenvalue weighted by molar-refractivity contribution is 7.85. The number of hydrogen-bond donors (Lipinski definition) is 4. The Labute approximate surface area is 79.3 Å². The maximum absolute atomic E-state index is 10.4. The summed E-state index contributed by atoms with van der Waals surface area (Å²) < 4.78 is 28.9. The first-order valence-corrected chi connectivity index (χ1v) is 4.96. The van der Waals surface area contributed by atoms with Crippen LogP contribution in [0.15, 0.2) is 0 Å². The third kappa shape index (κ3) is 6.34. The van der Waals surface area contributed by atoms with Crippen molar-refractivity contribution in [1.29, 1.82) is 0 Å². The van der Waals surface area contributed by atoms with Crippen LogP contribution in [-0.2, 0) is 19.7 Å². The molecule has 1 unspecified atom stereocenters. The molecule has 0 rings (SSSR count). The number of carboxylic acid groups (broad SMARTS) is 2. The van der Waals surface area contributed by atoms with Gasteiger partial charge in [-0.15, -0.1) is 0 Å². The lowest BCUT2D eigenvalue weighted by atomic mass is 10.3. The molecule has 14 heavy (non-hydrogen) atoms. The van der Waals surface area contributed by atoms with Crippen LogP contribution in [0.1, 0.15) is 0 Å². The summed E-state index contributed by atoms with van der Waals surface area (Å²) in [7, 11) is -4.45. The van der Waals surface area contributed by atoms with E-state index in [0.717, 1.165) is 0 Å². The van der Waals surface area contributed by atoms with Crippen LogP contribution in [-0.4, -0.2) is 53.5 Å². The average molecular weight is 227 g/mol. The highest BCUT2D eigenvalue weighted by Gasteiger charge is 2.23. The van der Waals surface area contributed by atoms with E-state index in [1.54, 1.807) is 0 Å². The standard InChI is InChI=1S/C5H9NO7S/c7-4(8)1-6-3(5(9)10)2-14(11,12)13/h3,6H,1-2H2,(H,7,8)(H,9,10)(H,11,12,13). The van der Waals surface area contributed by atoms with Gasteiger partial charge in [0, 0.05) is 0 Å². The Morgan fingerprint density at radius 1 is 1.29 bits per heavy atom. The molecule has 0 fully saturated rings. The molecule has 9 heteroatoms. The number of nitrogens with one attached hydrogen (secondary N) is 1. The zero-order chi connectivity index (χ0) is 11.4. The van der Waals surface area contributed by atoms with Gasteiger partial charge in [-0.1, -0.05) is 0 Å². The van der Waals surface area contributed by atoms with Crippen LogP contribution in [0.4, 0.5) is 0 Å². The highest BCUT2D eigenvalue weighted by atomic mass is 32.2. The predicted molar refractivity (Wildman–Crippen MR) is 43.5 cm³/mol. The van der Waals surface area contributed by atoms with E-state index in [9.17, 15) is 18.0 Å². The summed E-state index contributed by atoms with van der Waals surface area (Å²) in [6.45, 7) is -0.702. The average Bonchev–Trinajstić information content (AvgIpc) is 1.94. The maximum Gasteiger partial charge on any atom is 0.321 e. The summed E-state index contributed by atoms with van der Waals surface area (Å²) in [5.41, 5.74) is 0. The molecule has 0 aliphatic rings. The molecule has 0 spiro atoms. The van der Waals surface area contributed by atoms with Crippen LogP contribution in [0.5, 0.6) is 0 Å². The SMILES string of the molecule is O=C(O)CNC(CS(=O)(=O)O)C(=O)O. The first kappa shape index (κ1) is 12.8. The molecule has 0 aromatic carbocycles.